The number of hydrogen-bond donors (Lipinski definition) is 2. The van der Waals surface area contributed by atoms with Gasteiger partial charge in [0, 0.05) is 29.4 Å². The van der Waals surface area contributed by atoms with Crippen LogP contribution >= 0.6 is 11.3 Å². The minimum absolute atomic E-state index is 0.153. The van der Waals surface area contributed by atoms with Crippen LogP contribution in [0.1, 0.15) is 23.9 Å². The van der Waals surface area contributed by atoms with Gasteiger partial charge in [-0.3, -0.25) is 4.79 Å². The van der Waals surface area contributed by atoms with Gasteiger partial charge in [-0.2, -0.15) is 0 Å². The topological polar surface area (TPSA) is 86.5 Å². The van der Waals surface area contributed by atoms with Gasteiger partial charge in [0.1, 0.15) is 16.4 Å². The first kappa shape index (κ1) is 24.2. The number of nitrogens with one attached hydrogen (secondary N) is 2. The predicted octanol–water partition coefficient (Wildman–Crippen LogP) is 5.30. The normalized spacial score (nSPS) is 14.2. The number of thiazole rings is 1. The molecule has 0 unspecified atom stereocenters. The summed E-state index contributed by atoms with van der Waals surface area (Å²) < 4.78 is 26.7. The van der Waals surface area contributed by atoms with Gasteiger partial charge in [0.15, 0.2) is 11.6 Å². The van der Waals surface area contributed by atoms with E-state index in [1.807, 2.05) is 0 Å². The largest absolute Gasteiger partial charge is 0.366 e. The van der Waals surface area contributed by atoms with E-state index in [0.29, 0.717) is 27.5 Å². The SMILES string of the molecule is CCCN1C/C1=C/N/C(=C\c1cccc(N=O)c1)C(=O)NCc1nc(-c2ccc(F)c(F)c2)cs1. The highest BCUT2D eigenvalue weighted by molar-refractivity contribution is 7.09. The van der Waals surface area contributed by atoms with Gasteiger partial charge in [-0.15, -0.1) is 16.2 Å². The van der Waals surface area contributed by atoms with Crippen LogP contribution in [0.2, 0.25) is 0 Å². The molecule has 1 amide bonds. The summed E-state index contributed by atoms with van der Waals surface area (Å²) in [6.45, 7) is 4.07. The summed E-state index contributed by atoms with van der Waals surface area (Å²) in [7, 11) is 0. The third-order valence-electron chi connectivity index (χ3n) is 5.24. The lowest BCUT2D eigenvalue weighted by molar-refractivity contribution is -0.117. The van der Waals surface area contributed by atoms with Gasteiger partial charge >= 0.3 is 0 Å². The molecular weight excluding hydrogens is 472 g/mol. The zero-order chi connectivity index (χ0) is 24.8. The van der Waals surface area contributed by atoms with Crippen LogP contribution in [0.15, 0.2) is 70.6 Å². The molecule has 3 aromatic rings. The lowest BCUT2D eigenvalue weighted by atomic mass is 10.1. The summed E-state index contributed by atoms with van der Waals surface area (Å²) in [5.41, 5.74) is 3.26. The molecule has 0 bridgehead atoms. The fourth-order valence-electron chi connectivity index (χ4n) is 3.39. The highest BCUT2D eigenvalue weighted by atomic mass is 32.1. The highest BCUT2D eigenvalue weighted by Crippen LogP contribution is 2.24. The Morgan fingerprint density at radius 2 is 2.09 bits per heavy atom. The molecule has 1 fully saturated rings. The van der Waals surface area contributed by atoms with Gasteiger partial charge in [0.05, 0.1) is 18.8 Å². The van der Waals surface area contributed by atoms with E-state index in [1.165, 1.54) is 17.4 Å². The average molecular weight is 496 g/mol. The van der Waals surface area contributed by atoms with Gasteiger partial charge in [-0.25, -0.2) is 13.8 Å². The fraction of sp³-hybridized carbons (Fsp3) is 0.200. The Balaban J connectivity index is 1.47. The maximum Gasteiger partial charge on any atom is 0.268 e. The summed E-state index contributed by atoms with van der Waals surface area (Å²) >= 11 is 1.30. The van der Waals surface area contributed by atoms with Crippen molar-refractivity contribution >= 4 is 29.0 Å². The lowest BCUT2D eigenvalue weighted by Gasteiger charge is -2.09. The van der Waals surface area contributed by atoms with E-state index in [-0.39, 0.29) is 18.1 Å². The molecule has 35 heavy (non-hydrogen) atoms. The molecule has 180 valence electrons. The molecule has 0 radical (unpaired) electrons. The van der Waals surface area contributed by atoms with Gasteiger partial charge in [-0.05, 0) is 53.6 Å². The number of rotatable bonds is 10. The molecule has 1 aliphatic heterocycles. The van der Waals surface area contributed by atoms with Crippen molar-refractivity contribution in [3.05, 3.63) is 92.6 Å². The van der Waals surface area contributed by atoms with Crippen LogP contribution in [0.3, 0.4) is 0 Å². The molecule has 0 saturated carbocycles. The maximum atomic E-state index is 13.5. The van der Waals surface area contributed by atoms with E-state index in [1.54, 1.807) is 41.9 Å². The molecule has 2 heterocycles. The second-order valence-corrected chi connectivity index (χ2v) is 8.83. The number of carbonyl (C=O) groups excluding carboxylic acids is 1. The zero-order valence-corrected chi connectivity index (χ0v) is 19.7. The summed E-state index contributed by atoms with van der Waals surface area (Å²) in [6.07, 6.45) is 4.47. The average Bonchev–Trinajstić information content (AvgIpc) is 3.43. The predicted molar refractivity (Wildman–Crippen MR) is 132 cm³/mol. The molecule has 0 aliphatic carbocycles. The summed E-state index contributed by atoms with van der Waals surface area (Å²) in [6, 6.07) is 10.2. The second kappa shape index (κ2) is 11.0. The van der Waals surface area contributed by atoms with E-state index in [2.05, 4.69) is 32.6 Å². The molecule has 1 aromatic heterocycles. The van der Waals surface area contributed by atoms with Gasteiger partial charge in [0.25, 0.3) is 5.91 Å². The number of carbonyl (C=O) groups is 1. The standard InChI is InChI=1S/C25H23F2N5O2S/c1-2-8-32-14-19(32)12-28-22(10-16-4-3-5-18(9-16)31-34)25(33)29-13-24-30-23(15-35-24)17-6-7-20(26)21(27)11-17/h3-7,9-12,15,28H,2,8,13-14H2,1H3,(H,29,33)/b19-12-,22-10-. The monoisotopic (exact) mass is 495 g/mol. The lowest BCUT2D eigenvalue weighted by Crippen LogP contribution is -2.29. The summed E-state index contributed by atoms with van der Waals surface area (Å²) in [5, 5.41) is 11.2. The minimum Gasteiger partial charge on any atom is -0.366 e. The van der Waals surface area contributed by atoms with Crippen molar-refractivity contribution < 1.29 is 13.6 Å². The third-order valence-corrected chi connectivity index (χ3v) is 6.09. The van der Waals surface area contributed by atoms with Crippen molar-refractivity contribution in [2.45, 2.75) is 19.9 Å². The molecule has 1 saturated heterocycles. The first-order valence-electron chi connectivity index (χ1n) is 11.0. The van der Waals surface area contributed by atoms with Crippen LogP contribution in [-0.4, -0.2) is 28.9 Å². The number of nitrogens with zero attached hydrogens (tertiary/aromatic N) is 3. The molecule has 10 heteroatoms. The first-order chi connectivity index (χ1) is 17.0. The van der Waals surface area contributed by atoms with E-state index >= 15 is 0 Å². The quantitative estimate of drug-likeness (QED) is 0.226. The molecule has 2 N–H and O–H groups in total. The summed E-state index contributed by atoms with van der Waals surface area (Å²) in [4.78, 5) is 30.5. The van der Waals surface area contributed by atoms with Gasteiger partial charge < -0.3 is 15.5 Å². The van der Waals surface area contributed by atoms with Crippen LogP contribution in [0.4, 0.5) is 14.5 Å². The summed E-state index contributed by atoms with van der Waals surface area (Å²) in [5.74, 6) is -2.22. The van der Waals surface area contributed by atoms with Crippen LogP contribution < -0.4 is 10.6 Å². The fourth-order valence-corrected chi connectivity index (χ4v) is 4.14. The van der Waals surface area contributed by atoms with Crippen molar-refractivity contribution in [3.63, 3.8) is 0 Å². The zero-order valence-electron chi connectivity index (χ0n) is 18.9. The van der Waals surface area contributed by atoms with Crippen molar-refractivity contribution in [1.29, 1.82) is 0 Å². The number of halogens is 2. The van der Waals surface area contributed by atoms with Crippen molar-refractivity contribution in [2.24, 2.45) is 5.18 Å². The van der Waals surface area contributed by atoms with E-state index in [9.17, 15) is 18.5 Å². The molecular formula is C25H23F2N5O2S. The van der Waals surface area contributed by atoms with Crippen LogP contribution in [-0.2, 0) is 11.3 Å². The molecule has 7 nitrogen and oxygen atoms in total. The van der Waals surface area contributed by atoms with Crippen LogP contribution in [0.5, 0.6) is 0 Å². The Kier molecular flexibility index (Phi) is 7.61. The van der Waals surface area contributed by atoms with E-state index < -0.39 is 11.6 Å². The molecule has 0 spiro atoms. The Morgan fingerprint density at radius 1 is 1.23 bits per heavy atom. The Bertz CT molecular complexity index is 1300. The Morgan fingerprint density at radius 3 is 2.86 bits per heavy atom. The number of aromatic nitrogens is 1. The molecule has 2 aromatic carbocycles. The van der Waals surface area contributed by atoms with Crippen molar-refractivity contribution in [1.82, 2.24) is 20.5 Å². The number of nitroso groups, excluding NO2 is 1. The minimum atomic E-state index is -0.942. The Hall–Kier alpha value is -3.92. The smallest absolute Gasteiger partial charge is 0.268 e. The number of benzene rings is 2. The molecule has 1 aliphatic rings. The van der Waals surface area contributed by atoms with E-state index in [0.717, 1.165) is 37.3 Å². The van der Waals surface area contributed by atoms with E-state index in [4.69, 9.17) is 0 Å². The first-order valence-corrected chi connectivity index (χ1v) is 11.9. The van der Waals surface area contributed by atoms with Crippen molar-refractivity contribution in [3.8, 4) is 11.3 Å². The molecule has 4 rings (SSSR count). The second-order valence-electron chi connectivity index (χ2n) is 7.88. The maximum absolute atomic E-state index is 13.5. The molecule has 0 atom stereocenters. The van der Waals surface area contributed by atoms with Crippen LogP contribution in [0.25, 0.3) is 17.3 Å². The Labute approximate surface area is 205 Å². The van der Waals surface area contributed by atoms with Crippen molar-refractivity contribution in [2.75, 3.05) is 13.1 Å². The van der Waals surface area contributed by atoms with Gasteiger partial charge in [0.2, 0.25) is 0 Å². The van der Waals surface area contributed by atoms with Crippen LogP contribution in [0, 0.1) is 16.5 Å². The van der Waals surface area contributed by atoms with Gasteiger partial charge in [-0.1, -0.05) is 19.1 Å². The number of amides is 1. The number of hydrogen-bond acceptors (Lipinski definition) is 7. The third kappa shape index (κ3) is 6.36. The highest BCUT2D eigenvalue weighted by Gasteiger charge is 2.23.